The van der Waals surface area contributed by atoms with Gasteiger partial charge in [0.2, 0.25) is 5.91 Å². The number of nitrogens with zero attached hydrogens (tertiary/aromatic N) is 1. The zero-order chi connectivity index (χ0) is 8.43. The van der Waals surface area contributed by atoms with Gasteiger partial charge in [-0.15, -0.1) is 0 Å². The molecule has 0 aromatic rings. The minimum absolute atomic E-state index is 0.268. The second-order valence-corrected chi connectivity index (χ2v) is 2.93. The lowest BCUT2D eigenvalue weighted by Crippen LogP contribution is -2.42. The van der Waals surface area contributed by atoms with Crippen molar-refractivity contribution in [1.29, 1.82) is 0 Å². The Morgan fingerprint density at radius 2 is 2.36 bits per heavy atom. The fourth-order valence-corrected chi connectivity index (χ4v) is 1.19. The SMILES string of the molecule is C[C@@H]1CCC(=O)N(C(=O)O)C1. The maximum Gasteiger partial charge on any atom is 0.414 e. The van der Waals surface area contributed by atoms with Gasteiger partial charge >= 0.3 is 6.09 Å². The Hall–Kier alpha value is -1.06. The molecule has 0 aromatic carbocycles. The van der Waals surface area contributed by atoms with Gasteiger partial charge in [0.25, 0.3) is 0 Å². The van der Waals surface area contributed by atoms with Crippen molar-refractivity contribution in [2.24, 2.45) is 5.92 Å². The number of carboxylic acid groups (broad SMARTS) is 1. The molecule has 1 fully saturated rings. The van der Waals surface area contributed by atoms with Crippen LogP contribution in [0.15, 0.2) is 0 Å². The highest BCUT2D eigenvalue weighted by molar-refractivity contribution is 5.91. The van der Waals surface area contributed by atoms with Crippen LogP contribution >= 0.6 is 0 Å². The first-order valence-corrected chi connectivity index (χ1v) is 3.64. The van der Waals surface area contributed by atoms with E-state index in [0.29, 0.717) is 18.9 Å². The van der Waals surface area contributed by atoms with E-state index in [9.17, 15) is 9.59 Å². The molecule has 1 saturated heterocycles. The zero-order valence-electron chi connectivity index (χ0n) is 6.41. The number of hydrogen-bond acceptors (Lipinski definition) is 2. The third-order valence-corrected chi connectivity index (χ3v) is 1.88. The molecule has 0 radical (unpaired) electrons. The summed E-state index contributed by atoms with van der Waals surface area (Å²) >= 11 is 0. The van der Waals surface area contributed by atoms with Crippen LogP contribution in [0.3, 0.4) is 0 Å². The van der Waals surface area contributed by atoms with Crippen molar-refractivity contribution in [1.82, 2.24) is 4.90 Å². The second-order valence-electron chi connectivity index (χ2n) is 2.93. The van der Waals surface area contributed by atoms with E-state index in [4.69, 9.17) is 5.11 Å². The van der Waals surface area contributed by atoms with Crippen molar-refractivity contribution >= 4 is 12.0 Å². The molecular weight excluding hydrogens is 146 g/mol. The van der Waals surface area contributed by atoms with Crippen molar-refractivity contribution < 1.29 is 14.7 Å². The molecule has 1 heterocycles. The summed E-state index contributed by atoms with van der Waals surface area (Å²) in [7, 11) is 0. The number of likely N-dealkylation sites (tertiary alicyclic amines) is 1. The summed E-state index contributed by atoms with van der Waals surface area (Å²) in [6, 6.07) is 0. The maximum absolute atomic E-state index is 10.9. The quantitative estimate of drug-likeness (QED) is 0.568. The van der Waals surface area contributed by atoms with Gasteiger partial charge in [-0.25, -0.2) is 9.69 Å². The average Bonchev–Trinajstić information content (AvgIpc) is 1.94. The van der Waals surface area contributed by atoms with Crippen molar-refractivity contribution in [2.75, 3.05) is 6.54 Å². The van der Waals surface area contributed by atoms with E-state index in [1.165, 1.54) is 0 Å². The monoisotopic (exact) mass is 157 g/mol. The highest BCUT2D eigenvalue weighted by atomic mass is 16.4. The van der Waals surface area contributed by atoms with Crippen LogP contribution < -0.4 is 0 Å². The number of carbonyl (C=O) groups is 2. The van der Waals surface area contributed by atoms with Gasteiger partial charge in [-0.3, -0.25) is 4.79 Å². The number of amides is 2. The molecule has 62 valence electrons. The molecule has 0 aliphatic carbocycles. The second kappa shape index (κ2) is 2.90. The summed E-state index contributed by atoms with van der Waals surface area (Å²) < 4.78 is 0. The van der Waals surface area contributed by atoms with Gasteiger partial charge in [-0.05, 0) is 12.3 Å². The van der Waals surface area contributed by atoms with Gasteiger partial charge in [0.15, 0.2) is 0 Å². The predicted molar refractivity (Wildman–Crippen MR) is 38.1 cm³/mol. The van der Waals surface area contributed by atoms with E-state index in [0.717, 1.165) is 11.3 Å². The third kappa shape index (κ3) is 1.69. The van der Waals surface area contributed by atoms with Crippen molar-refractivity contribution in [3.05, 3.63) is 0 Å². The first-order chi connectivity index (χ1) is 5.11. The Labute approximate surface area is 64.8 Å². The van der Waals surface area contributed by atoms with Crippen LogP contribution in [0.25, 0.3) is 0 Å². The van der Waals surface area contributed by atoms with Gasteiger partial charge in [0.05, 0.1) is 0 Å². The van der Waals surface area contributed by atoms with E-state index >= 15 is 0 Å². The van der Waals surface area contributed by atoms with Crippen molar-refractivity contribution in [2.45, 2.75) is 19.8 Å². The van der Waals surface area contributed by atoms with Crippen LogP contribution in [0.4, 0.5) is 4.79 Å². The predicted octanol–water partition coefficient (Wildman–Crippen LogP) is 0.923. The molecule has 0 bridgehead atoms. The van der Waals surface area contributed by atoms with Crippen molar-refractivity contribution in [3.63, 3.8) is 0 Å². The molecule has 4 nitrogen and oxygen atoms in total. The number of carbonyl (C=O) groups excluding carboxylic acids is 1. The molecule has 1 aliphatic heterocycles. The van der Waals surface area contributed by atoms with E-state index in [1.54, 1.807) is 0 Å². The van der Waals surface area contributed by atoms with E-state index in [2.05, 4.69) is 0 Å². The zero-order valence-corrected chi connectivity index (χ0v) is 6.41. The number of imide groups is 1. The standard InChI is InChI=1S/C7H11NO3/c1-5-2-3-6(9)8(4-5)7(10)11/h5H,2-4H2,1H3,(H,10,11)/t5-/m1/s1. The molecule has 1 atom stereocenters. The molecule has 1 aliphatic rings. The molecule has 0 saturated carbocycles. The highest BCUT2D eigenvalue weighted by Crippen LogP contribution is 2.16. The Bertz CT molecular complexity index is 190. The summed E-state index contributed by atoms with van der Waals surface area (Å²) in [6.07, 6.45) is 0.0531. The first-order valence-electron chi connectivity index (χ1n) is 3.64. The maximum atomic E-state index is 10.9. The van der Waals surface area contributed by atoms with Gasteiger partial charge in [0, 0.05) is 13.0 Å². The Morgan fingerprint density at radius 1 is 1.73 bits per heavy atom. The Morgan fingerprint density at radius 3 is 2.82 bits per heavy atom. The highest BCUT2D eigenvalue weighted by Gasteiger charge is 2.27. The van der Waals surface area contributed by atoms with Crippen LogP contribution in [0.2, 0.25) is 0 Å². The lowest BCUT2D eigenvalue weighted by atomic mass is 10.0. The van der Waals surface area contributed by atoms with E-state index < -0.39 is 6.09 Å². The first kappa shape index (κ1) is 8.04. The lowest BCUT2D eigenvalue weighted by molar-refractivity contribution is -0.132. The Balaban J connectivity index is 2.61. The van der Waals surface area contributed by atoms with Crippen LogP contribution in [-0.2, 0) is 4.79 Å². The Kier molecular flexibility index (Phi) is 2.12. The van der Waals surface area contributed by atoms with E-state index in [1.807, 2.05) is 6.92 Å². The fraction of sp³-hybridized carbons (Fsp3) is 0.714. The van der Waals surface area contributed by atoms with Gasteiger partial charge < -0.3 is 5.11 Å². The topological polar surface area (TPSA) is 57.6 Å². The summed E-state index contributed by atoms with van der Waals surface area (Å²) in [5.41, 5.74) is 0. The molecule has 11 heavy (non-hydrogen) atoms. The molecule has 1 N–H and O–H groups in total. The van der Waals surface area contributed by atoms with E-state index in [-0.39, 0.29) is 5.91 Å². The normalized spacial score (nSPS) is 25.4. The van der Waals surface area contributed by atoms with Crippen LogP contribution in [0.1, 0.15) is 19.8 Å². The number of piperidine rings is 1. The molecule has 1 rings (SSSR count). The molecule has 0 spiro atoms. The number of hydrogen-bond donors (Lipinski definition) is 1. The third-order valence-electron chi connectivity index (χ3n) is 1.88. The largest absolute Gasteiger partial charge is 0.465 e. The van der Waals surface area contributed by atoms with Gasteiger partial charge in [0.1, 0.15) is 0 Å². The fourth-order valence-electron chi connectivity index (χ4n) is 1.19. The van der Waals surface area contributed by atoms with Crippen molar-refractivity contribution in [3.8, 4) is 0 Å². The minimum atomic E-state index is -1.12. The molecule has 2 amide bonds. The van der Waals surface area contributed by atoms with Gasteiger partial charge in [-0.1, -0.05) is 6.92 Å². The van der Waals surface area contributed by atoms with Crippen LogP contribution in [-0.4, -0.2) is 28.6 Å². The number of rotatable bonds is 0. The minimum Gasteiger partial charge on any atom is -0.465 e. The summed E-state index contributed by atoms with van der Waals surface area (Å²) in [5, 5.41) is 8.53. The molecular formula is C7H11NO3. The smallest absolute Gasteiger partial charge is 0.414 e. The van der Waals surface area contributed by atoms with Gasteiger partial charge in [-0.2, -0.15) is 0 Å². The summed E-state index contributed by atoms with van der Waals surface area (Å²) in [5.74, 6) is 0.0411. The molecule has 0 unspecified atom stereocenters. The average molecular weight is 157 g/mol. The summed E-state index contributed by atoms with van der Waals surface area (Å²) in [4.78, 5) is 22.2. The van der Waals surface area contributed by atoms with Crippen LogP contribution in [0, 0.1) is 5.92 Å². The molecule has 0 aromatic heterocycles. The van der Waals surface area contributed by atoms with Crippen LogP contribution in [0.5, 0.6) is 0 Å². The lowest BCUT2D eigenvalue weighted by Gasteiger charge is -2.26. The summed E-state index contributed by atoms with van der Waals surface area (Å²) in [6.45, 7) is 2.30. The molecule has 4 heteroatoms.